The van der Waals surface area contributed by atoms with E-state index in [1.807, 2.05) is 30.5 Å². The molecular formula is C13H13N3OS. The molecule has 1 amide bonds. The van der Waals surface area contributed by atoms with Gasteiger partial charge in [0.05, 0.1) is 5.01 Å². The van der Waals surface area contributed by atoms with E-state index in [2.05, 4.69) is 4.98 Å². The first-order chi connectivity index (χ1) is 8.65. The Bertz CT molecular complexity index is 620. The van der Waals surface area contributed by atoms with Gasteiger partial charge in [-0.05, 0) is 37.1 Å². The quantitative estimate of drug-likeness (QED) is 0.799. The van der Waals surface area contributed by atoms with E-state index in [-0.39, 0.29) is 5.91 Å². The second-order valence-electron chi connectivity index (χ2n) is 4.35. The number of carbonyl (C=O) groups is 1. The van der Waals surface area contributed by atoms with Crippen LogP contribution in [0.5, 0.6) is 0 Å². The van der Waals surface area contributed by atoms with Crippen molar-refractivity contribution in [2.24, 2.45) is 0 Å². The Balaban J connectivity index is 1.95. The average Bonchev–Trinajstić information content (AvgIpc) is 2.94. The Kier molecular flexibility index (Phi) is 2.56. The summed E-state index contributed by atoms with van der Waals surface area (Å²) in [6.45, 7) is 2.61. The van der Waals surface area contributed by atoms with E-state index in [9.17, 15) is 4.79 Å². The van der Waals surface area contributed by atoms with Crippen molar-refractivity contribution in [3.05, 3.63) is 39.8 Å². The Morgan fingerprint density at radius 1 is 1.50 bits per heavy atom. The minimum absolute atomic E-state index is 0.0251. The summed E-state index contributed by atoms with van der Waals surface area (Å²) in [5, 5.41) is 2.72. The van der Waals surface area contributed by atoms with Crippen LogP contribution in [-0.4, -0.2) is 17.4 Å². The third kappa shape index (κ3) is 1.76. The first kappa shape index (κ1) is 11.2. The van der Waals surface area contributed by atoms with Crippen LogP contribution in [0.1, 0.15) is 21.1 Å². The number of nitrogens with zero attached hydrogens (tertiary/aromatic N) is 2. The fraction of sp³-hybridized carbons (Fsp3) is 0.231. The third-order valence-electron chi connectivity index (χ3n) is 3.08. The molecule has 2 heterocycles. The molecule has 0 unspecified atom stereocenters. The van der Waals surface area contributed by atoms with Crippen LogP contribution in [-0.2, 0) is 6.42 Å². The highest BCUT2D eigenvalue weighted by Gasteiger charge is 2.26. The van der Waals surface area contributed by atoms with Crippen LogP contribution >= 0.6 is 11.3 Å². The molecule has 4 nitrogen and oxygen atoms in total. The number of benzene rings is 1. The van der Waals surface area contributed by atoms with E-state index in [1.165, 1.54) is 11.3 Å². The van der Waals surface area contributed by atoms with Gasteiger partial charge in [-0.15, -0.1) is 11.3 Å². The zero-order valence-electron chi connectivity index (χ0n) is 10.0. The number of anilines is 2. The van der Waals surface area contributed by atoms with Gasteiger partial charge in [0, 0.05) is 23.3 Å². The molecule has 1 aliphatic rings. The number of nitrogen functional groups attached to an aromatic ring is 1. The van der Waals surface area contributed by atoms with Gasteiger partial charge >= 0.3 is 0 Å². The topological polar surface area (TPSA) is 59.2 Å². The summed E-state index contributed by atoms with van der Waals surface area (Å²) in [4.78, 5) is 18.4. The maximum absolute atomic E-state index is 12.3. The number of carbonyl (C=O) groups excluding carboxylic acids is 1. The first-order valence-electron chi connectivity index (χ1n) is 5.77. The lowest BCUT2D eigenvalue weighted by atomic mass is 10.1. The van der Waals surface area contributed by atoms with Crippen molar-refractivity contribution in [1.82, 2.24) is 4.98 Å². The molecule has 0 saturated carbocycles. The van der Waals surface area contributed by atoms with Crippen LogP contribution < -0.4 is 10.6 Å². The molecule has 1 aromatic heterocycles. The molecule has 0 aliphatic carbocycles. The number of aromatic nitrogens is 1. The number of amides is 1. The molecule has 92 valence electrons. The highest BCUT2D eigenvalue weighted by atomic mass is 32.1. The van der Waals surface area contributed by atoms with Crippen LogP contribution in [0.4, 0.5) is 11.4 Å². The van der Waals surface area contributed by atoms with Gasteiger partial charge in [-0.3, -0.25) is 4.79 Å². The molecule has 2 N–H and O–H groups in total. The number of aryl methyl sites for hydroxylation is 1. The fourth-order valence-corrected chi connectivity index (χ4v) is 2.82. The summed E-state index contributed by atoms with van der Waals surface area (Å²) < 4.78 is 0. The number of hydrogen-bond donors (Lipinski definition) is 1. The fourth-order valence-electron chi connectivity index (χ4n) is 2.23. The number of rotatable bonds is 1. The standard InChI is InChI=1S/C13H13N3OS/c1-8-15-11(7-18-8)13(17)16-5-4-9-6-10(14)2-3-12(9)16/h2-3,6-7H,4-5,14H2,1H3. The molecule has 1 aliphatic heterocycles. The Labute approximate surface area is 109 Å². The predicted octanol–water partition coefficient (Wildman–Crippen LogP) is 2.24. The van der Waals surface area contributed by atoms with E-state index in [4.69, 9.17) is 5.73 Å². The lowest BCUT2D eigenvalue weighted by molar-refractivity contribution is 0.0985. The van der Waals surface area contributed by atoms with Crippen LogP contribution in [0.2, 0.25) is 0 Å². The summed E-state index contributed by atoms with van der Waals surface area (Å²) in [5.41, 5.74) is 9.12. The highest BCUT2D eigenvalue weighted by molar-refractivity contribution is 7.09. The zero-order chi connectivity index (χ0) is 12.7. The van der Waals surface area contributed by atoms with Crippen LogP contribution in [0.15, 0.2) is 23.6 Å². The molecule has 0 saturated heterocycles. The molecule has 1 aromatic carbocycles. The van der Waals surface area contributed by atoms with Crippen molar-refractivity contribution >= 4 is 28.6 Å². The monoisotopic (exact) mass is 259 g/mol. The lowest BCUT2D eigenvalue weighted by Gasteiger charge is -2.15. The summed E-state index contributed by atoms with van der Waals surface area (Å²) in [5.74, 6) is -0.0251. The van der Waals surface area contributed by atoms with Crippen molar-refractivity contribution < 1.29 is 4.79 Å². The first-order valence-corrected chi connectivity index (χ1v) is 6.65. The van der Waals surface area contributed by atoms with Gasteiger partial charge in [-0.2, -0.15) is 0 Å². The Morgan fingerprint density at radius 3 is 3.06 bits per heavy atom. The Hall–Kier alpha value is -1.88. The predicted molar refractivity (Wildman–Crippen MR) is 73.1 cm³/mol. The van der Waals surface area contributed by atoms with Gasteiger partial charge in [0.25, 0.3) is 5.91 Å². The summed E-state index contributed by atoms with van der Waals surface area (Å²) in [6, 6.07) is 5.68. The van der Waals surface area contributed by atoms with Crippen LogP contribution in [0.3, 0.4) is 0 Å². The zero-order valence-corrected chi connectivity index (χ0v) is 10.8. The number of nitrogens with two attached hydrogens (primary N) is 1. The van der Waals surface area contributed by atoms with E-state index < -0.39 is 0 Å². The normalized spacial score (nSPS) is 13.7. The van der Waals surface area contributed by atoms with E-state index in [0.29, 0.717) is 12.2 Å². The molecule has 3 rings (SSSR count). The molecule has 0 radical (unpaired) electrons. The van der Waals surface area contributed by atoms with E-state index in [1.54, 1.807) is 4.90 Å². The van der Waals surface area contributed by atoms with Crippen LogP contribution in [0, 0.1) is 6.92 Å². The highest BCUT2D eigenvalue weighted by Crippen LogP contribution is 2.30. The molecule has 18 heavy (non-hydrogen) atoms. The maximum atomic E-state index is 12.3. The van der Waals surface area contributed by atoms with Crippen molar-refractivity contribution in [2.45, 2.75) is 13.3 Å². The number of hydrogen-bond acceptors (Lipinski definition) is 4. The van der Waals surface area contributed by atoms with Gasteiger partial charge in [-0.1, -0.05) is 0 Å². The molecule has 0 bridgehead atoms. The van der Waals surface area contributed by atoms with Crippen molar-refractivity contribution in [3.8, 4) is 0 Å². The summed E-state index contributed by atoms with van der Waals surface area (Å²) in [6.07, 6.45) is 0.856. The summed E-state index contributed by atoms with van der Waals surface area (Å²) in [7, 11) is 0. The third-order valence-corrected chi connectivity index (χ3v) is 3.86. The molecular weight excluding hydrogens is 246 g/mol. The van der Waals surface area contributed by atoms with Gasteiger partial charge in [0.2, 0.25) is 0 Å². The number of thiazole rings is 1. The SMILES string of the molecule is Cc1nc(C(=O)N2CCc3cc(N)ccc32)cs1. The van der Waals surface area contributed by atoms with Crippen LogP contribution in [0.25, 0.3) is 0 Å². The molecule has 5 heteroatoms. The van der Waals surface area contributed by atoms with Gasteiger partial charge < -0.3 is 10.6 Å². The largest absolute Gasteiger partial charge is 0.399 e. The smallest absolute Gasteiger partial charge is 0.277 e. The summed E-state index contributed by atoms with van der Waals surface area (Å²) >= 11 is 1.50. The molecule has 2 aromatic rings. The second kappa shape index (κ2) is 4.10. The average molecular weight is 259 g/mol. The molecule has 0 fully saturated rings. The van der Waals surface area contributed by atoms with Crippen molar-refractivity contribution in [3.63, 3.8) is 0 Å². The van der Waals surface area contributed by atoms with Crippen molar-refractivity contribution in [2.75, 3.05) is 17.2 Å². The lowest BCUT2D eigenvalue weighted by Crippen LogP contribution is -2.29. The number of fused-ring (bicyclic) bond motifs is 1. The van der Waals surface area contributed by atoms with Gasteiger partial charge in [-0.25, -0.2) is 4.98 Å². The minimum atomic E-state index is -0.0251. The van der Waals surface area contributed by atoms with E-state index >= 15 is 0 Å². The second-order valence-corrected chi connectivity index (χ2v) is 5.41. The van der Waals surface area contributed by atoms with E-state index in [0.717, 1.165) is 28.4 Å². The minimum Gasteiger partial charge on any atom is -0.399 e. The maximum Gasteiger partial charge on any atom is 0.277 e. The molecule has 0 spiro atoms. The van der Waals surface area contributed by atoms with Crippen molar-refractivity contribution in [1.29, 1.82) is 0 Å². The van der Waals surface area contributed by atoms with Gasteiger partial charge in [0.15, 0.2) is 0 Å². The Morgan fingerprint density at radius 2 is 2.33 bits per heavy atom. The molecule has 0 atom stereocenters. The van der Waals surface area contributed by atoms with Gasteiger partial charge in [0.1, 0.15) is 5.69 Å².